The fourth-order valence-electron chi connectivity index (χ4n) is 3.35. The highest BCUT2D eigenvalue weighted by Crippen LogP contribution is 2.19. The number of halogens is 1. The second kappa shape index (κ2) is 13.8. The van der Waals surface area contributed by atoms with E-state index < -0.39 is 17.3 Å². The van der Waals surface area contributed by atoms with Gasteiger partial charge in [-0.25, -0.2) is 19.6 Å². The molecular formula is C23H30ClN5O6. The van der Waals surface area contributed by atoms with Gasteiger partial charge in [-0.15, -0.1) is 11.6 Å². The topological polar surface area (TPSA) is 148 Å². The Balaban J connectivity index is 1.38. The van der Waals surface area contributed by atoms with Crippen LogP contribution in [-0.4, -0.2) is 64.9 Å². The van der Waals surface area contributed by atoms with Gasteiger partial charge in [0.15, 0.2) is 11.2 Å². The van der Waals surface area contributed by atoms with E-state index in [1.807, 2.05) is 6.92 Å². The molecule has 190 valence electrons. The first-order valence-corrected chi connectivity index (χ1v) is 12.1. The summed E-state index contributed by atoms with van der Waals surface area (Å²) in [6, 6.07) is 3.46. The molecule has 0 unspecified atom stereocenters. The largest absolute Gasteiger partial charge is 0.445 e. The van der Waals surface area contributed by atoms with E-state index in [9.17, 15) is 14.4 Å². The van der Waals surface area contributed by atoms with Crippen molar-refractivity contribution in [1.82, 2.24) is 25.3 Å². The molecule has 12 heteroatoms. The average molecular weight is 508 g/mol. The summed E-state index contributed by atoms with van der Waals surface area (Å²) in [5, 5.41) is 2.63. The second-order valence-electron chi connectivity index (χ2n) is 7.93. The number of carbonyl (C=O) groups is 1. The summed E-state index contributed by atoms with van der Waals surface area (Å²) in [5.74, 6) is 0.709. The lowest BCUT2D eigenvalue weighted by Gasteiger charge is -2.10. The zero-order chi connectivity index (χ0) is 25.0. The van der Waals surface area contributed by atoms with E-state index >= 15 is 0 Å². The van der Waals surface area contributed by atoms with Gasteiger partial charge in [0.2, 0.25) is 0 Å². The summed E-state index contributed by atoms with van der Waals surface area (Å²) >= 11 is 5.63. The van der Waals surface area contributed by atoms with Gasteiger partial charge in [-0.1, -0.05) is 12.8 Å². The molecule has 1 amide bonds. The Morgan fingerprint density at radius 3 is 2.51 bits per heavy atom. The number of ether oxygens (including phenoxy) is 3. The second-order valence-corrected chi connectivity index (χ2v) is 8.31. The van der Waals surface area contributed by atoms with E-state index in [-0.39, 0.29) is 17.8 Å². The van der Waals surface area contributed by atoms with Crippen LogP contribution in [0.15, 0.2) is 21.7 Å². The third-order valence-electron chi connectivity index (χ3n) is 5.21. The highest BCUT2D eigenvalue weighted by atomic mass is 35.5. The molecule has 3 aromatic rings. The molecule has 2 aromatic heterocycles. The number of nitrogens with zero attached hydrogens (tertiary/aromatic N) is 2. The van der Waals surface area contributed by atoms with Crippen molar-refractivity contribution in [1.29, 1.82) is 0 Å². The molecule has 0 aliphatic carbocycles. The molecule has 3 rings (SSSR count). The minimum Gasteiger partial charge on any atom is -0.445 e. The van der Waals surface area contributed by atoms with E-state index in [1.165, 1.54) is 0 Å². The lowest BCUT2D eigenvalue weighted by atomic mass is 10.1. The molecule has 1 aromatic carbocycles. The maximum atomic E-state index is 12.0. The number of benzene rings is 1. The number of rotatable bonds is 14. The van der Waals surface area contributed by atoms with Gasteiger partial charge >= 0.3 is 11.8 Å². The van der Waals surface area contributed by atoms with Gasteiger partial charge in [-0.3, -0.25) is 14.8 Å². The summed E-state index contributed by atoms with van der Waals surface area (Å²) in [7, 11) is 0. The molecule has 0 atom stereocenters. The summed E-state index contributed by atoms with van der Waals surface area (Å²) in [5.41, 5.74) is 1.38. The molecular weight excluding hydrogens is 478 g/mol. The molecule has 35 heavy (non-hydrogen) atoms. The lowest BCUT2D eigenvalue weighted by Crippen LogP contribution is -2.28. The maximum Gasteiger partial charge on any atom is 0.407 e. The number of hydrogen-bond acceptors (Lipinski definition) is 8. The van der Waals surface area contributed by atoms with Crippen LogP contribution in [-0.2, 0) is 20.8 Å². The van der Waals surface area contributed by atoms with Crippen LogP contribution in [0.1, 0.15) is 36.8 Å². The first-order chi connectivity index (χ1) is 17.0. The van der Waals surface area contributed by atoms with Gasteiger partial charge in [0.1, 0.15) is 6.61 Å². The van der Waals surface area contributed by atoms with Crippen molar-refractivity contribution in [3.63, 3.8) is 0 Å². The highest BCUT2D eigenvalue weighted by molar-refractivity contribution is 6.17. The summed E-state index contributed by atoms with van der Waals surface area (Å²) in [4.78, 5) is 48.6. The number of fused-ring (bicyclic) bond motifs is 2. The number of H-pyrrole nitrogens is 2. The van der Waals surface area contributed by atoms with Crippen molar-refractivity contribution in [2.45, 2.75) is 39.2 Å². The average Bonchev–Trinajstić information content (AvgIpc) is 2.82. The molecule has 0 spiro atoms. The zero-order valence-electron chi connectivity index (χ0n) is 19.7. The van der Waals surface area contributed by atoms with Crippen molar-refractivity contribution >= 4 is 39.9 Å². The lowest BCUT2D eigenvalue weighted by molar-refractivity contribution is 0.0467. The summed E-state index contributed by atoms with van der Waals surface area (Å²) in [6.07, 6.45) is 3.73. The van der Waals surface area contributed by atoms with Crippen LogP contribution in [0.4, 0.5) is 4.79 Å². The van der Waals surface area contributed by atoms with Gasteiger partial charge in [0, 0.05) is 19.0 Å². The quantitative estimate of drug-likeness (QED) is 0.171. The van der Waals surface area contributed by atoms with E-state index in [0.717, 1.165) is 36.8 Å². The number of carbonyl (C=O) groups excluding carboxylic acids is 1. The SMILES string of the molecule is Cc1cc2nc3c(=O)[nH]c(=O)[nH]c3nc2cc1COC(=O)NCCOCCOCCCCCCCl. The predicted molar refractivity (Wildman–Crippen MR) is 132 cm³/mol. The molecule has 0 fully saturated rings. The first-order valence-electron chi connectivity index (χ1n) is 11.5. The Bertz CT molecular complexity index is 1240. The molecule has 0 saturated heterocycles. The monoisotopic (exact) mass is 507 g/mol. The van der Waals surface area contributed by atoms with Crippen LogP contribution >= 0.6 is 11.6 Å². The first kappa shape index (κ1) is 26.6. The maximum absolute atomic E-state index is 12.0. The number of aryl methyl sites for hydroxylation is 1. The Kier molecular flexibility index (Phi) is 10.5. The molecule has 0 bridgehead atoms. The highest BCUT2D eigenvalue weighted by Gasteiger charge is 2.11. The number of aromatic amines is 2. The van der Waals surface area contributed by atoms with E-state index in [4.69, 9.17) is 25.8 Å². The van der Waals surface area contributed by atoms with Crippen LogP contribution in [0, 0.1) is 6.92 Å². The fourth-order valence-corrected chi connectivity index (χ4v) is 3.54. The fraction of sp³-hybridized carbons (Fsp3) is 0.522. The minimum atomic E-state index is -0.658. The van der Waals surface area contributed by atoms with Crippen molar-refractivity contribution < 1.29 is 19.0 Å². The molecule has 2 heterocycles. The zero-order valence-corrected chi connectivity index (χ0v) is 20.4. The van der Waals surface area contributed by atoms with Crippen LogP contribution in [0.2, 0.25) is 0 Å². The van der Waals surface area contributed by atoms with Crippen LogP contribution < -0.4 is 16.6 Å². The van der Waals surface area contributed by atoms with Crippen molar-refractivity contribution in [2.24, 2.45) is 0 Å². The van der Waals surface area contributed by atoms with E-state index in [1.54, 1.807) is 12.1 Å². The van der Waals surface area contributed by atoms with Crippen molar-refractivity contribution in [3.05, 3.63) is 44.1 Å². The predicted octanol–water partition coefficient (Wildman–Crippen LogP) is 2.53. The number of unbranched alkanes of at least 4 members (excludes halogenated alkanes) is 3. The van der Waals surface area contributed by atoms with Crippen LogP contribution in [0.3, 0.4) is 0 Å². The molecule has 0 radical (unpaired) electrons. The van der Waals surface area contributed by atoms with Crippen LogP contribution in [0.25, 0.3) is 22.2 Å². The summed E-state index contributed by atoms with van der Waals surface area (Å²) < 4.78 is 16.2. The minimum absolute atomic E-state index is 0.0266. The Hall–Kier alpha value is -3.02. The van der Waals surface area contributed by atoms with Gasteiger partial charge in [0.05, 0.1) is 30.9 Å². The Morgan fingerprint density at radius 1 is 0.971 bits per heavy atom. The molecule has 3 N–H and O–H groups in total. The van der Waals surface area contributed by atoms with Gasteiger partial charge in [-0.2, -0.15) is 0 Å². The third kappa shape index (κ3) is 8.30. The molecule has 0 aliphatic rings. The molecule has 0 aliphatic heterocycles. The van der Waals surface area contributed by atoms with Crippen molar-refractivity contribution in [2.75, 3.05) is 38.9 Å². The molecule has 0 saturated carbocycles. The Labute approximate surface area is 206 Å². The number of aromatic nitrogens is 4. The number of amides is 1. The smallest absolute Gasteiger partial charge is 0.407 e. The van der Waals surface area contributed by atoms with Gasteiger partial charge in [-0.05, 0) is 43.0 Å². The van der Waals surface area contributed by atoms with E-state index in [0.29, 0.717) is 49.9 Å². The molecule has 11 nitrogen and oxygen atoms in total. The number of alkyl carbamates (subject to hydrolysis) is 1. The van der Waals surface area contributed by atoms with Gasteiger partial charge in [0.25, 0.3) is 5.56 Å². The standard InChI is InChI=1S/C23H30ClN5O6/c1-15-12-17-18(27-20-19(26-17)21(30)29-22(31)28-20)13-16(15)14-35-23(32)25-7-9-34-11-10-33-8-5-3-2-4-6-24/h12-13H,2-11,14H2,1H3,(H,25,32)(H2,27,28,29,30,31). The number of alkyl halides is 1. The van der Waals surface area contributed by atoms with Crippen LogP contribution in [0.5, 0.6) is 0 Å². The number of nitrogens with one attached hydrogen (secondary N) is 3. The number of hydrogen-bond donors (Lipinski definition) is 3. The Morgan fingerprint density at radius 2 is 1.71 bits per heavy atom. The third-order valence-corrected chi connectivity index (χ3v) is 5.48. The normalized spacial score (nSPS) is 11.3. The van der Waals surface area contributed by atoms with Crippen molar-refractivity contribution in [3.8, 4) is 0 Å². The van der Waals surface area contributed by atoms with E-state index in [2.05, 4.69) is 25.3 Å². The summed E-state index contributed by atoms with van der Waals surface area (Å²) in [6.45, 7) is 4.22. The van der Waals surface area contributed by atoms with Gasteiger partial charge < -0.3 is 19.5 Å².